The fraction of sp³-hybridized carbons (Fsp3) is 0.318. The van der Waals surface area contributed by atoms with Gasteiger partial charge in [0.15, 0.2) is 0 Å². The fourth-order valence-electron chi connectivity index (χ4n) is 3.99. The van der Waals surface area contributed by atoms with Gasteiger partial charge in [-0.2, -0.15) is 5.10 Å². The number of hydrogen-bond donors (Lipinski definition) is 2. The molecule has 0 bridgehead atoms. The lowest BCUT2D eigenvalue weighted by Crippen LogP contribution is -2.43. The second-order valence-electron chi connectivity index (χ2n) is 7.91. The predicted molar refractivity (Wildman–Crippen MR) is 116 cm³/mol. The summed E-state index contributed by atoms with van der Waals surface area (Å²) in [4.78, 5) is 18.7. The Bertz CT molecular complexity index is 1150. The van der Waals surface area contributed by atoms with Gasteiger partial charge in [0.25, 0.3) is 0 Å². The first kappa shape index (κ1) is 21.3. The van der Waals surface area contributed by atoms with E-state index in [1.54, 1.807) is 22.9 Å². The van der Waals surface area contributed by atoms with Crippen molar-refractivity contribution in [3.8, 4) is 11.3 Å². The maximum Gasteiger partial charge on any atom is 0.248 e. The summed E-state index contributed by atoms with van der Waals surface area (Å²) in [7, 11) is 1.82. The maximum atomic E-state index is 13.5. The van der Waals surface area contributed by atoms with Crippen LogP contribution in [-0.4, -0.2) is 38.9 Å². The summed E-state index contributed by atoms with van der Waals surface area (Å²) in [5.74, 6) is -0.452. The van der Waals surface area contributed by atoms with Crippen molar-refractivity contribution in [1.82, 2.24) is 14.8 Å². The van der Waals surface area contributed by atoms with E-state index in [1.165, 1.54) is 12.1 Å². The Kier molecular flexibility index (Phi) is 5.45. The molecule has 1 aliphatic rings. The number of hydrogen-bond acceptors (Lipinski definition) is 5. The van der Waals surface area contributed by atoms with Gasteiger partial charge in [-0.05, 0) is 49.6 Å². The van der Waals surface area contributed by atoms with Gasteiger partial charge in [-0.1, -0.05) is 17.7 Å². The van der Waals surface area contributed by atoms with E-state index in [-0.39, 0.29) is 5.02 Å². The highest BCUT2D eigenvalue weighted by atomic mass is 35.5. The molecule has 1 aromatic carbocycles. The number of nitrogens with two attached hydrogens (primary N) is 1. The van der Waals surface area contributed by atoms with E-state index in [1.807, 2.05) is 25.1 Å². The Balaban J connectivity index is 1.62. The summed E-state index contributed by atoms with van der Waals surface area (Å²) in [5.41, 5.74) is 7.62. The lowest BCUT2D eigenvalue weighted by Gasteiger charge is -2.39. The van der Waals surface area contributed by atoms with Crippen LogP contribution in [0.3, 0.4) is 0 Å². The van der Waals surface area contributed by atoms with E-state index in [9.17, 15) is 14.3 Å². The number of amides is 1. The van der Waals surface area contributed by atoms with E-state index in [0.717, 1.165) is 11.3 Å². The van der Waals surface area contributed by atoms with Crippen LogP contribution < -0.4 is 10.6 Å². The summed E-state index contributed by atoms with van der Waals surface area (Å²) >= 11 is 5.90. The van der Waals surface area contributed by atoms with Gasteiger partial charge in [-0.15, -0.1) is 0 Å². The minimum absolute atomic E-state index is 0.0133. The molecule has 1 fully saturated rings. The molecule has 0 atom stereocenters. The number of carbonyl (C=O) groups is 1. The lowest BCUT2D eigenvalue weighted by atomic mass is 9.84. The molecule has 3 aromatic rings. The number of aromatic nitrogens is 3. The zero-order valence-corrected chi connectivity index (χ0v) is 18.0. The number of primary amides is 1. The molecule has 31 heavy (non-hydrogen) atoms. The van der Waals surface area contributed by atoms with Crippen molar-refractivity contribution in [2.24, 2.45) is 12.8 Å². The summed E-state index contributed by atoms with van der Waals surface area (Å²) in [5, 5.41) is 15.5. The molecular formula is C22H23ClFN5O2. The van der Waals surface area contributed by atoms with Crippen molar-refractivity contribution in [3.05, 3.63) is 64.2 Å². The number of piperidine rings is 1. The third-order valence-corrected chi connectivity index (χ3v) is 6.05. The van der Waals surface area contributed by atoms with Crippen LogP contribution >= 0.6 is 11.6 Å². The summed E-state index contributed by atoms with van der Waals surface area (Å²) in [6, 6.07) is 7.63. The Hall–Kier alpha value is -2.97. The molecule has 1 aliphatic heterocycles. The Labute approximate surface area is 184 Å². The molecular weight excluding hydrogens is 421 g/mol. The summed E-state index contributed by atoms with van der Waals surface area (Å²) in [6.45, 7) is 2.86. The highest BCUT2D eigenvalue weighted by Crippen LogP contribution is 2.36. The summed E-state index contributed by atoms with van der Waals surface area (Å²) in [6.07, 6.45) is 2.65. The number of benzene rings is 1. The number of halogens is 2. The van der Waals surface area contributed by atoms with Gasteiger partial charge in [-0.3, -0.25) is 9.48 Å². The van der Waals surface area contributed by atoms with Crippen LogP contribution in [0.1, 0.15) is 34.5 Å². The number of pyridine rings is 1. The van der Waals surface area contributed by atoms with Crippen LogP contribution in [0.5, 0.6) is 0 Å². The van der Waals surface area contributed by atoms with Gasteiger partial charge in [0.2, 0.25) is 5.91 Å². The fourth-order valence-corrected chi connectivity index (χ4v) is 4.17. The van der Waals surface area contributed by atoms with Gasteiger partial charge in [0.05, 0.1) is 22.0 Å². The first-order chi connectivity index (χ1) is 14.7. The van der Waals surface area contributed by atoms with Gasteiger partial charge in [-0.25, -0.2) is 9.37 Å². The number of rotatable bonds is 4. The molecule has 1 saturated heterocycles. The number of nitrogens with zero attached hydrogens (tertiary/aromatic N) is 4. The molecule has 0 radical (unpaired) electrons. The average Bonchev–Trinajstić information content (AvgIpc) is 3.08. The van der Waals surface area contributed by atoms with E-state index in [2.05, 4.69) is 5.10 Å². The molecule has 0 unspecified atom stereocenters. The smallest absolute Gasteiger partial charge is 0.248 e. The molecule has 3 N–H and O–H groups in total. The first-order valence-electron chi connectivity index (χ1n) is 9.92. The van der Waals surface area contributed by atoms with Crippen molar-refractivity contribution in [2.45, 2.75) is 25.4 Å². The quantitative estimate of drug-likeness (QED) is 0.645. The topological polar surface area (TPSA) is 97.3 Å². The van der Waals surface area contributed by atoms with Crippen LogP contribution in [0.2, 0.25) is 5.02 Å². The van der Waals surface area contributed by atoms with Crippen molar-refractivity contribution in [1.29, 1.82) is 0 Å². The molecule has 2 aromatic heterocycles. The van der Waals surface area contributed by atoms with Crippen molar-refractivity contribution in [2.75, 3.05) is 18.0 Å². The standard InChI is InChI=1S/C22H23ClFN5O2/c1-13-16(12-28(2)27-13)19-9-14(21(25)30)10-20(26-19)29-7-5-22(31,6-8-29)15-3-4-18(24)17(23)11-15/h3-4,9-12,31H,5-8H2,1-2H3,(H2,25,30). The molecule has 4 rings (SSSR count). The highest BCUT2D eigenvalue weighted by molar-refractivity contribution is 6.30. The maximum absolute atomic E-state index is 13.5. The zero-order valence-electron chi connectivity index (χ0n) is 17.3. The minimum Gasteiger partial charge on any atom is -0.385 e. The van der Waals surface area contributed by atoms with Crippen LogP contribution in [0.25, 0.3) is 11.3 Å². The second kappa shape index (κ2) is 7.94. The van der Waals surface area contributed by atoms with Crippen LogP contribution in [0, 0.1) is 12.7 Å². The van der Waals surface area contributed by atoms with E-state index < -0.39 is 17.3 Å². The lowest BCUT2D eigenvalue weighted by molar-refractivity contribution is 0.0116. The van der Waals surface area contributed by atoms with E-state index in [4.69, 9.17) is 22.3 Å². The second-order valence-corrected chi connectivity index (χ2v) is 8.32. The third kappa shape index (κ3) is 4.13. The van der Waals surface area contributed by atoms with Gasteiger partial charge in [0.1, 0.15) is 11.6 Å². The largest absolute Gasteiger partial charge is 0.385 e. The molecule has 0 spiro atoms. The SMILES string of the molecule is Cc1nn(C)cc1-c1cc(C(N)=O)cc(N2CCC(O)(c3ccc(F)c(Cl)c3)CC2)n1. The van der Waals surface area contributed by atoms with Gasteiger partial charge < -0.3 is 15.7 Å². The molecule has 1 amide bonds. The van der Waals surface area contributed by atoms with Gasteiger partial charge >= 0.3 is 0 Å². The molecule has 162 valence electrons. The number of carbonyl (C=O) groups excluding carboxylic acids is 1. The number of anilines is 1. The third-order valence-electron chi connectivity index (χ3n) is 5.76. The Morgan fingerprint density at radius 3 is 2.55 bits per heavy atom. The van der Waals surface area contributed by atoms with Crippen LogP contribution in [-0.2, 0) is 12.6 Å². The van der Waals surface area contributed by atoms with E-state index in [0.29, 0.717) is 48.6 Å². The van der Waals surface area contributed by atoms with Crippen molar-refractivity contribution >= 4 is 23.3 Å². The summed E-state index contributed by atoms with van der Waals surface area (Å²) < 4.78 is 15.2. The monoisotopic (exact) mass is 443 g/mol. The predicted octanol–water partition coefficient (Wildman–Crippen LogP) is 3.17. The minimum atomic E-state index is -1.11. The van der Waals surface area contributed by atoms with Gasteiger partial charge in [0, 0.05) is 37.5 Å². The van der Waals surface area contributed by atoms with Crippen molar-refractivity contribution in [3.63, 3.8) is 0 Å². The molecule has 0 saturated carbocycles. The molecule has 7 nitrogen and oxygen atoms in total. The number of aryl methyl sites for hydroxylation is 2. The molecule has 9 heteroatoms. The van der Waals surface area contributed by atoms with Crippen LogP contribution in [0.15, 0.2) is 36.5 Å². The normalized spacial score (nSPS) is 15.8. The average molecular weight is 444 g/mol. The van der Waals surface area contributed by atoms with E-state index >= 15 is 0 Å². The number of aliphatic hydroxyl groups is 1. The zero-order chi connectivity index (χ0) is 22.3. The Morgan fingerprint density at radius 1 is 1.26 bits per heavy atom. The van der Waals surface area contributed by atoms with Crippen LogP contribution in [0.4, 0.5) is 10.2 Å². The highest BCUT2D eigenvalue weighted by Gasteiger charge is 2.35. The molecule has 0 aliphatic carbocycles. The molecule has 3 heterocycles. The van der Waals surface area contributed by atoms with Crippen molar-refractivity contribution < 1.29 is 14.3 Å². The Morgan fingerprint density at radius 2 is 1.97 bits per heavy atom. The first-order valence-corrected chi connectivity index (χ1v) is 10.3.